The van der Waals surface area contributed by atoms with E-state index in [9.17, 15) is 0 Å². The normalized spacial score (nSPS) is 33.2. The predicted octanol–water partition coefficient (Wildman–Crippen LogP) is 2.12. The number of hydrogen-bond acceptors (Lipinski definition) is 3. The van der Waals surface area contributed by atoms with Gasteiger partial charge in [-0.25, -0.2) is 4.68 Å². The van der Waals surface area contributed by atoms with Gasteiger partial charge in [0.1, 0.15) is 0 Å². The fraction of sp³-hybridized carbons (Fsp3) is 0.846. The zero-order chi connectivity index (χ0) is 11.8. The standard InChI is InChI=1S/C13H22N4/c1-2-17-13(8-15-16-17)12(14)7-11-6-9-3-4-10(11)5-9/h8-12H,2-7,14H2,1H3. The number of nitrogens with zero attached hydrogens (tertiary/aromatic N) is 3. The van der Waals surface area contributed by atoms with Crippen molar-refractivity contribution in [2.75, 3.05) is 0 Å². The van der Waals surface area contributed by atoms with Gasteiger partial charge in [-0.1, -0.05) is 11.6 Å². The van der Waals surface area contributed by atoms with E-state index in [0.717, 1.165) is 36.4 Å². The molecule has 0 spiro atoms. The summed E-state index contributed by atoms with van der Waals surface area (Å²) in [5.74, 6) is 2.81. The van der Waals surface area contributed by atoms with Crippen LogP contribution in [0.3, 0.4) is 0 Å². The van der Waals surface area contributed by atoms with Crippen molar-refractivity contribution in [3.8, 4) is 0 Å². The second-order valence-electron chi connectivity index (χ2n) is 5.75. The summed E-state index contributed by atoms with van der Waals surface area (Å²) >= 11 is 0. The van der Waals surface area contributed by atoms with E-state index < -0.39 is 0 Å². The van der Waals surface area contributed by atoms with Crippen molar-refractivity contribution in [1.82, 2.24) is 15.0 Å². The monoisotopic (exact) mass is 234 g/mol. The Balaban J connectivity index is 1.65. The first kappa shape index (κ1) is 11.2. The maximum atomic E-state index is 6.33. The van der Waals surface area contributed by atoms with Gasteiger partial charge in [0.05, 0.1) is 11.9 Å². The van der Waals surface area contributed by atoms with Crippen LogP contribution in [0.4, 0.5) is 0 Å². The van der Waals surface area contributed by atoms with Crippen LogP contribution in [-0.2, 0) is 6.54 Å². The molecule has 3 rings (SSSR count). The predicted molar refractivity (Wildman–Crippen MR) is 66.2 cm³/mol. The van der Waals surface area contributed by atoms with Gasteiger partial charge in [0.15, 0.2) is 0 Å². The number of nitrogens with two attached hydrogens (primary N) is 1. The largest absolute Gasteiger partial charge is 0.323 e. The second-order valence-corrected chi connectivity index (χ2v) is 5.75. The number of aromatic nitrogens is 3. The molecule has 0 amide bonds. The molecule has 1 aromatic rings. The molecular formula is C13H22N4. The second kappa shape index (κ2) is 4.41. The molecule has 17 heavy (non-hydrogen) atoms. The first-order valence-corrected chi connectivity index (χ1v) is 6.92. The maximum absolute atomic E-state index is 6.33. The average Bonchev–Trinajstić information content (AvgIpc) is 3.04. The molecule has 0 aliphatic heterocycles. The highest BCUT2D eigenvalue weighted by Gasteiger charge is 2.40. The molecule has 2 fully saturated rings. The summed E-state index contributed by atoms with van der Waals surface area (Å²) in [5.41, 5.74) is 7.43. The highest BCUT2D eigenvalue weighted by Crippen LogP contribution is 2.50. The van der Waals surface area contributed by atoms with E-state index in [-0.39, 0.29) is 6.04 Å². The lowest BCUT2D eigenvalue weighted by Crippen LogP contribution is -2.22. The van der Waals surface area contributed by atoms with Crippen molar-refractivity contribution in [2.24, 2.45) is 23.5 Å². The summed E-state index contributed by atoms with van der Waals surface area (Å²) in [4.78, 5) is 0. The van der Waals surface area contributed by atoms with Gasteiger partial charge in [-0.15, -0.1) is 5.10 Å². The summed E-state index contributed by atoms with van der Waals surface area (Å²) in [5, 5.41) is 8.03. The first-order valence-electron chi connectivity index (χ1n) is 6.92. The molecule has 0 saturated heterocycles. The summed E-state index contributed by atoms with van der Waals surface area (Å²) < 4.78 is 1.93. The fourth-order valence-electron chi connectivity index (χ4n) is 3.91. The Morgan fingerprint density at radius 1 is 1.47 bits per heavy atom. The third-order valence-electron chi connectivity index (χ3n) is 4.77. The summed E-state index contributed by atoms with van der Waals surface area (Å²) in [6.07, 6.45) is 8.73. The van der Waals surface area contributed by atoms with Gasteiger partial charge in [-0.05, 0) is 50.4 Å². The smallest absolute Gasteiger partial charge is 0.0754 e. The lowest BCUT2D eigenvalue weighted by atomic mass is 9.84. The van der Waals surface area contributed by atoms with E-state index in [1.807, 2.05) is 10.9 Å². The topological polar surface area (TPSA) is 56.7 Å². The van der Waals surface area contributed by atoms with Crippen LogP contribution in [0.15, 0.2) is 6.20 Å². The van der Waals surface area contributed by atoms with Gasteiger partial charge < -0.3 is 5.73 Å². The van der Waals surface area contributed by atoms with Gasteiger partial charge in [0.25, 0.3) is 0 Å². The van der Waals surface area contributed by atoms with E-state index in [0.29, 0.717) is 0 Å². The van der Waals surface area contributed by atoms with E-state index in [1.165, 1.54) is 25.7 Å². The minimum Gasteiger partial charge on any atom is -0.323 e. The molecule has 2 saturated carbocycles. The van der Waals surface area contributed by atoms with Gasteiger partial charge in [0, 0.05) is 12.6 Å². The molecule has 1 heterocycles. The molecular weight excluding hydrogens is 212 g/mol. The first-order chi connectivity index (χ1) is 8.28. The van der Waals surface area contributed by atoms with Crippen molar-refractivity contribution in [3.63, 3.8) is 0 Å². The fourth-order valence-corrected chi connectivity index (χ4v) is 3.91. The molecule has 1 aromatic heterocycles. The molecule has 2 aliphatic rings. The Hall–Kier alpha value is -0.900. The van der Waals surface area contributed by atoms with E-state index >= 15 is 0 Å². The zero-order valence-electron chi connectivity index (χ0n) is 10.5. The Kier molecular flexibility index (Phi) is 2.90. The molecule has 4 unspecified atom stereocenters. The van der Waals surface area contributed by atoms with E-state index in [1.54, 1.807) is 0 Å². The molecule has 4 atom stereocenters. The summed E-state index contributed by atoms with van der Waals surface area (Å²) in [6, 6.07) is 0.120. The van der Waals surface area contributed by atoms with Crippen LogP contribution in [0.1, 0.15) is 50.8 Å². The lowest BCUT2D eigenvalue weighted by Gasteiger charge is -2.24. The van der Waals surface area contributed by atoms with Gasteiger partial charge in [-0.2, -0.15) is 0 Å². The Bertz CT molecular complexity index is 387. The highest BCUT2D eigenvalue weighted by atomic mass is 15.4. The van der Waals surface area contributed by atoms with Crippen LogP contribution in [0, 0.1) is 17.8 Å². The van der Waals surface area contributed by atoms with Crippen LogP contribution in [-0.4, -0.2) is 15.0 Å². The molecule has 2 bridgehead atoms. The van der Waals surface area contributed by atoms with E-state index in [4.69, 9.17) is 5.73 Å². The molecule has 2 aliphatic carbocycles. The minimum absolute atomic E-state index is 0.120. The van der Waals surface area contributed by atoms with Crippen LogP contribution in [0.25, 0.3) is 0 Å². The number of fused-ring (bicyclic) bond motifs is 2. The average molecular weight is 234 g/mol. The van der Waals surface area contributed by atoms with Crippen LogP contribution in [0.5, 0.6) is 0 Å². The molecule has 2 N–H and O–H groups in total. The van der Waals surface area contributed by atoms with Crippen molar-refractivity contribution in [1.29, 1.82) is 0 Å². The lowest BCUT2D eigenvalue weighted by molar-refractivity contribution is 0.292. The maximum Gasteiger partial charge on any atom is 0.0754 e. The van der Waals surface area contributed by atoms with Gasteiger partial charge >= 0.3 is 0 Å². The van der Waals surface area contributed by atoms with Crippen LogP contribution in [0.2, 0.25) is 0 Å². The third kappa shape index (κ3) is 1.99. The Morgan fingerprint density at radius 2 is 2.35 bits per heavy atom. The summed E-state index contributed by atoms with van der Waals surface area (Å²) in [6.45, 7) is 2.95. The van der Waals surface area contributed by atoms with Gasteiger partial charge in [0.2, 0.25) is 0 Å². The number of rotatable bonds is 4. The van der Waals surface area contributed by atoms with Gasteiger partial charge in [-0.3, -0.25) is 0 Å². The SMILES string of the molecule is CCn1nncc1C(N)CC1CC2CCC1C2. The summed E-state index contributed by atoms with van der Waals surface area (Å²) in [7, 11) is 0. The van der Waals surface area contributed by atoms with Crippen LogP contribution >= 0.6 is 0 Å². The zero-order valence-corrected chi connectivity index (χ0v) is 10.5. The molecule has 0 aromatic carbocycles. The number of hydrogen-bond donors (Lipinski definition) is 1. The van der Waals surface area contributed by atoms with Crippen LogP contribution < -0.4 is 5.73 Å². The molecule has 4 nitrogen and oxygen atoms in total. The molecule has 0 radical (unpaired) electrons. The highest BCUT2D eigenvalue weighted by molar-refractivity contribution is 5.03. The van der Waals surface area contributed by atoms with Crippen molar-refractivity contribution >= 4 is 0 Å². The van der Waals surface area contributed by atoms with Crippen molar-refractivity contribution < 1.29 is 0 Å². The molecule has 94 valence electrons. The molecule has 4 heteroatoms. The Labute approximate surface area is 103 Å². The third-order valence-corrected chi connectivity index (χ3v) is 4.77. The Morgan fingerprint density at radius 3 is 3.00 bits per heavy atom. The van der Waals surface area contributed by atoms with E-state index in [2.05, 4.69) is 17.2 Å². The number of aryl methyl sites for hydroxylation is 1. The minimum atomic E-state index is 0.120. The quantitative estimate of drug-likeness (QED) is 0.868. The van der Waals surface area contributed by atoms with Crippen molar-refractivity contribution in [3.05, 3.63) is 11.9 Å². The van der Waals surface area contributed by atoms with Crippen molar-refractivity contribution in [2.45, 2.75) is 51.6 Å².